The Kier molecular flexibility index (Phi) is 4.55. The van der Waals surface area contributed by atoms with Crippen LogP contribution in [0.15, 0.2) is 41.3 Å². The normalized spacial score (nSPS) is 10.6. The lowest BCUT2D eigenvalue weighted by atomic mass is 10.3. The molecule has 0 radical (unpaired) electrons. The van der Waals surface area contributed by atoms with E-state index < -0.39 is 0 Å². The zero-order valence-electron chi connectivity index (χ0n) is 13.4. The predicted molar refractivity (Wildman–Crippen MR) is 85.6 cm³/mol. The van der Waals surface area contributed by atoms with Crippen LogP contribution in [-0.2, 0) is 11.2 Å². The van der Waals surface area contributed by atoms with Crippen molar-refractivity contribution in [3.05, 3.63) is 42.6 Å². The molecule has 3 aromatic rings. The number of rotatable bonds is 5. The first kappa shape index (κ1) is 15.7. The molecule has 1 amide bonds. The molecular formula is C16H16N6O2. The fourth-order valence-electron chi connectivity index (χ4n) is 1.96. The Labute approximate surface area is 138 Å². The summed E-state index contributed by atoms with van der Waals surface area (Å²) < 4.78 is 5.23. The van der Waals surface area contributed by atoms with E-state index in [0.717, 1.165) is 0 Å². The van der Waals surface area contributed by atoms with Crippen LogP contribution in [-0.4, -0.2) is 49.5 Å². The summed E-state index contributed by atoms with van der Waals surface area (Å²) >= 11 is 0. The quantitative estimate of drug-likeness (QED) is 0.703. The number of nitrogens with zero attached hydrogens (tertiary/aromatic N) is 6. The molecule has 0 aliphatic carbocycles. The first-order valence-corrected chi connectivity index (χ1v) is 7.41. The van der Waals surface area contributed by atoms with Gasteiger partial charge in [-0.2, -0.15) is 4.98 Å². The Bertz CT molecular complexity index is 816. The van der Waals surface area contributed by atoms with Gasteiger partial charge in [-0.3, -0.25) is 9.78 Å². The molecule has 122 valence electrons. The summed E-state index contributed by atoms with van der Waals surface area (Å²) in [4.78, 5) is 29.8. The molecule has 24 heavy (non-hydrogen) atoms. The Hall–Kier alpha value is -3.16. The topological polar surface area (TPSA) is 97.9 Å². The molecule has 0 saturated heterocycles. The van der Waals surface area contributed by atoms with Crippen LogP contribution >= 0.6 is 0 Å². The molecule has 0 bridgehead atoms. The number of aromatic nitrogens is 5. The van der Waals surface area contributed by atoms with Gasteiger partial charge < -0.3 is 9.42 Å². The number of carbonyl (C=O) groups is 1. The summed E-state index contributed by atoms with van der Waals surface area (Å²) in [5.41, 5.74) is 1.33. The van der Waals surface area contributed by atoms with Gasteiger partial charge in [-0.15, -0.1) is 0 Å². The van der Waals surface area contributed by atoms with Crippen molar-refractivity contribution in [3.8, 4) is 23.0 Å². The molecule has 0 saturated carbocycles. The first-order valence-electron chi connectivity index (χ1n) is 7.41. The predicted octanol–water partition coefficient (Wildman–Crippen LogP) is 1.61. The van der Waals surface area contributed by atoms with Gasteiger partial charge in [0.05, 0.1) is 5.56 Å². The lowest BCUT2D eigenvalue weighted by Gasteiger charge is -2.12. The van der Waals surface area contributed by atoms with Gasteiger partial charge in [0.15, 0.2) is 11.6 Å². The van der Waals surface area contributed by atoms with E-state index in [-0.39, 0.29) is 5.91 Å². The second-order valence-corrected chi connectivity index (χ2v) is 5.22. The van der Waals surface area contributed by atoms with E-state index in [1.165, 1.54) is 6.92 Å². The van der Waals surface area contributed by atoms with Gasteiger partial charge in [0.1, 0.15) is 5.69 Å². The fraction of sp³-hybridized carbons (Fsp3) is 0.250. The second kappa shape index (κ2) is 6.95. The first-order chi connectivity index (χ1) is 11.6. The van der Waals surface area contributed by atoms with E-state index in [9.17, 15) is 4.79 Å². The van der Waals surface area contributed by atoms with Crippen molar-refractivity contribution in [2.75, 3.05) is 13.6 Å². The fourth-order valence-corrected chi connectivity index (χ4v) is 1.96. The van der Waals surface area contributed by atoms with Crippen molar-refractivity contribution >= 4 is 5.91 Å². The van der Waals surface area contributed by atoms with E-state index >= 15 is 0 Å². The smallest absolute Gasteiger partial charge is 0.261 e. The van der Waals surface area contributed by atoms with Crippen LogP contribution in [0, 0.1) is 0 Å². The molecule has 0 aromatic carbocycles. The highest BCUT2D eigenvalue weighted by Crippen LogP contribution is 2.17. The molecule has 0 fully saturated rings. The molecule has 3 heterocycles. The molecule has 8 nitrogen and oxygen atoms in total. The number of hydrogen-bond donors (Lipinski definition) is 0. The molecule has 3 aromatic heterocycles. The van der Waals surface area contributed by atoms with Gasteiger partial charge in [-0.1, -0.05) is 11.2 Å². The average molecular weight is 324 g/mol. The molecule has 0 N–H and O–H groups in total. The summed E-state index contributed by atoms with van der Waals surface area (Å²) in [6, 6.07) is 5.55. The van der Waals surface area contributed by atoms with Gasteiger partial charge in [0.2, 0.25) is 5.91 Å². The lowest BCUT2D eigenvalue weighted by Crippen LogP contribution is -2.26. The number of hydrogen-bond acceptors (Lipinski definition) is 7. The van der Waals surface area contributed by atoms with Crippen molar-refractivity contribution in [3.63, 3.8) is 0 Å². The molecule has 3 rings (SSSR count). The van der Waals surface area contributed by atoms with Crippen LogP contribution in [0.2, 0.25) is 0 Å². The Morgan fingerprint density at radius 2 is 2.00 bits per heavy atom. The zero-order valence-corrected chi connectivity index (χ0v) is 13.4. The molecule has 8 heteroatoms. The standard InChI is InChI=1S/C16H16N6O2/c1-11(23)22(2)8-6-14-20-16(24-21-14)12-9-18-15(19-10-12)13-5-3-4-7-17-13/h3-5,7,9-10H,6,8H2,1-2H3. The maximum atomic E-state index is 11.2. The van der Waals surface area contributed by atoms with Crippen LogP contribution in [0.5, 0.6) is 0 Å². The summed E-state index contributed by atoms with van der Waals surface area (Å²) in [5.74, 6) is 1.41. The third-order valence-electron chi connectivity index (χ3n) is 3.47. The van der Waals surface area contributed by atoms with Crippen LogP contribution in [0.25, 0.3) is 23.0 Å². The third kappa shape index (κ3) is 3.60. The monoisotopic (exact) mass is 324 g/mol. The van der Waals surface area contributed by atoms with E-state index in [1.807, 2.05) is 18.2 Å². The minimum atomic E-state index is -0.00257. The van der Waals surface area contributed by atoms with Gasteiger partial charge >= 0.3 is 0 Å². The van der Waals surface area contributed by atoms with Gasteiger partial charge in [-0.25, -0.2) is 9.97 Å². The van der Waals surface area contributed by atoms with E-state index in [0.29, 0.717) is 41.8 Å². The summed E-state index contributed by atoms with van der Waals surface area (Å²) in [7, 11) is 1.73. The number of pyridine rings is 1. The third-order valence-corrected chi connectivity index (χ3v) is 3.47. The molecule has 0 unspecified atom stereocenters. The number of amides is 1. The van der Waals surface area contributed by atoms with Crippen LogP contribution in [0.1, 0.15) is 12.7 Å². The Morgan fingerprint density at radius 1 is 1.21 bits per heavy atom. The number of likely N-dealkylation sites (N-methyl/N-ethyl adjacent to an activating group) is 1. The highest BCUT2D eigenvalue weighted by Gasteiger charge is 2.12. The molecule has 0 aliphatic rings. The maximum Gasteiger partial charge on any atom is 0.261 e. The molecule has 0 spiro atoms. The Balaban J connectivity index is 1.70. The minimum Gasteiger partial charge on any atom is -0.346 e. The van der Waals surface area contributed by atoms with Crippen LogP contribution < -0.4 is 0 Å². The molecule has 0 atom stereocenters. The van der Waals surface area contributed by atoms with Crippen LogP contribution in [0.3, 0.4) is 0 Å². The zero-order chi connectivity index (χ0) is 16.9. The SMILES string of the molecule is CC(=O)N(C)CCc1noc(-c2cnc(-c3ccccn3)nc2)n1. The molecule has 0 aliphatic heterocycles. The highest BCUT2D eigenvalue weighted by atomic mass is 16.5. The number of carbonyl (C=O) groups excluding carboxylic acids is 1. The van der Waals surface area contributed by atoms with Crippen molar-refractivity contribution < 1.29 is 9.32 Å². The second-order valence-electron chi connectivity index (χ2n) is 5.22. The van der Waals surface area contributed by atoms with Crippen molar-refractivity contribution in [1.82, 2.24) is 30.0 Å². The Morgan fingerprint density at radius 3 is 2.67 bits per heavy atom. The highest BCUT2D eigenvalue weighted by molar-refractivity contribution is 5.72. The average Bonchev–Trinajstić information content (AvgIpc) is 3.09. The van der Waals surface area contributed by atoms with Crippen molar-refractivity contribution in [2.45, 2.75) is 13.3 Å². The maximum absolute atomic E-state index is 11.2. The van der Waals surface area contributed by atoms with Gasteiger partial charge in [0, 0.05) is 45.5 Å². The van der Waals surface area contributed by atoms with E-state index in [4.69, 9.17) is 4.52 Å². The summed E-state index contributed by atoms with van der Waals surface area (Å²) in [6.45, 7) is 2.05. The lowest BCUT2D eigenvalue weighted by molar-refractivity contribution is -0.127. The molecular weight excluding hydrogens is 308 g/mol. The van der Waals surface area contributed by atoms with Gasteiger partial charge in [0.25, 0.3) is 5.89 Å². The summed E-state index contributed by atoms with van der Waals surface area (Å²) in [5, 5.41) is 3.91. The minimum absolute atomic E-state index is 0.00257. The largest absolute Gasteiger partial charge is 0.346 e. The summed E-state index contributed by atoms with van der Waals surface area (Å²) in [6.07, 6.45) is 5.45. The van der Waals surface area contributed by atoms with Gasteiger partial charge in [-0.05, 0) is 12.1 Å². The van der Waals surface area contributed by atoms with Crippen LogP contribution in [0.4, 0.5) is 0 Å². The van der Waals surface area contributed by atoms with E-state index in [1.54, 1.807) is 30.5 Å². The van der Waals surface area contributed by atoms with Crippen molar-refractivity contribution in [1.29, 1.82) is 0 Å². The van der Waals surface area contributed by atoms with Crippen molar-refractivity contribution in [2.24, 2.45) is 0 Å². The van der Waals surface area contributed by atoms with E-state index in [2.05, 4.69) is 25.1 Å².